The minimum absolute atomic E-state index is 0.519. The van der Waals surface area contributed by atoms with Crippen LogP contribution in [0.2, 0.25) is 0 Å². The number of hydrogen-bond donors (Lipinski definition) is 1. The predicted octanol–water partition coefficient (Wildman–Crippen LogP) is 5.03. The second kappa shape index (κ2) is 5.51. The molecule has 0 unspecified atom stereocenters. The van der Waals surface area contributed by atoms with Crippen LogP contribution in [0.1, 0.15) is 11.3 Å². The van der Waals surface area contributed by atoms with Crippen molar-refractivity contribution in [2.75, 3.05) is 5.32 Å². The lowest BCUT2D eigenvalue weighted by atomic mass is 10.1. The highest BCUT2D eigenvalue weighted by Gasteiger charge is 2.04. The van der Waals surface area contributed by atoms with E-state index in [1.165, 1.54) is 0 Å². The molecule has 1 heterocycles. The summed E-state index contributed by atoms with van der Waals surface area (Å²) in [6.45, 7) is 2.01. The quantitative estimate of drug-likeness (QED) is 0.682. The normalized spacial score (nSPS) is 10.7. The van der Waals surface area contributed by atoms with Crippen molar-refractivity contribution >= 4 is 33.9 Å². The summed E-state index contributed by atoms with van der Waals surface area (Å²) in [6, 6.07) is 18.3. The van der Waals surface area contributed by atoms with Crippen molar-refractivity contribution in [3.63, 3.8) is 0 Å². The summed E-state index contributed by atoms with van der Waals surface area (Å²) >= 11 is 5.88. The smallest absolute Gasteiger partial charge is 0.0726 e. The van der Waals surface area contributed by atoms with Crippen LogP contribution in [-0.4, -0.2) is 4.98 Å². The van der Waals surface area contributed by atoms with Gasteiger partial charge in [-0.2, -0.15) is 0 Å². The maximum Gasteiger partial charge on any atom is 0.0726 e. The van der Waals surface area contributed by atoms with E-state index in [9.17, 15) is 0 Å². The summed E-state index contributed by atoms with van der Waals surface area (Å²) in [5, 5.41) is 4.58. The third kappa shape index (κ3) is 2.61. The Kier molecular flexibility index (Phi) is 3.57. The molecule has 0 atom stereocenters. The number of pyridine rings is 1. The minimum Gasteiger partial charge on any atom is -0.355 e. The predicted molar refractivity (Wildman–Crippen MR) is 85.8 cm³/mol. The molecule has 0 aliphatic heterocycles. The summed E-state index contributed by atoms with van der Waals surface area (Å²) in [5.41, 5.74) is 5.22. The molecule has 20 heavy (non-hydrogen) atoms. The van der Waals surface area contributed by atoms with E-state index in [4.69, 9.17) is 11.6 Å². The van der Waals surface area contributed by atoms with Crippen LogP contribution in [0.25, 0.3) is 10.9 Å². The molecule has 3 aromatic rings. The molecule has 0 amide bonds. The Bertz CT molecular complexity index is 753. The van der Waals surface area contributed by atoms with E-state index in [2.05, 4.69) is 28.5 Å². The molecule has 0 aliphatic carbocycles. The fraction of sp³-hybridized carbons (Fsp3) is 0.118. The van der Waals surface area contributed by atoms with Crippen molar-refractivity contribution in [1.29, 1.82) is 0 Å². The lowest BCUT2D eigenvalue weighted by Gasteiger charge is -2.11. The van der Waals surface area contributed by atoms with Crippen LogP contribution in [0.3, 0.4) is 0 Å². The largest absolute Gasteiger partial charge is 0.355 e. The Labute approximate surface area is 123 Å². The van der Waals surface area contributed by atoms with Gasteiger partial charge in [0.2, 0.25) is 0 Å². The van der Waals surface area contributed by atoms with E-state index in [-0.39, 0.29) is 0 Å². The van der Waals surface area contributed by atoms with Gasteiger partial charge in [0.25, 0.3) is 0 Å². The molecule has 1 N–H and O–H groups in total. The first-order valence-electron chi connectivity index (χ1n) is 6.54. The Morgan fingerprint density at radius 1 is 1.05 bits per heavy atom. The first-order valence-corrected chi connectivity index (χ1v) is 7.08. The number of alkyl halides is 1. The molecule has 2 aromatic carbocycles. The average Bonchev–Trinajstić information content (AvgIpc) is 2.47. The molecule has 100 valence electrons. The van der Waals surface area contributed by atoms with Gasteiger partial charge in [-0.3, -0.25) is 4.98 Å². The topological polar surface area (TPSA) is 24.9 Å². The Morgan fingerprint density at radius 3 is 2.75 bits per heavy atom. The summed E-state index contributed by atoms with van der Waals surface area (Å²) in [6.07, 6.45) is 0. The summed E-state index contributed by atoms with van der Waals surface area (Å²) < 4.78 is 0. The second-order valence-corrected chi connectivity index (χ2v) is 5.05. The molecule has 0 aliphatic rings. The number of aryl methyl sites for hydroxylation is 1. The molecule has 1 aromatic heterocycles. The number of fused-ring (bicyclic) bond motifs is 1. The number of para-hydroxylation sites is 1. The van der Waals surface area contributed by atoms with Crippen LogP contribution < -0.4 is 5.32 Å². The SMILES string of the molecule is Cc1cc(Nc2cccc(CCl)c2)c2ccccc2n1. The maximum absolute atomic E-state index is 5.88. The Balaban J connectivity index is 2.05. The van der Waals surface area contributed by atoms with Gasteiger partial charge in [-0.25, -0.2) is 0 Å². The van der Waals surface area contributed by atoms with Crippen molar-refractivity contribution < 1.29 is 0 Å². The average molecular weight is 283 g/mol. The zero-order valence-electron chi connectivity index (χ0n) is 11.2. The number of anilines is 2. The molecule has 0 fully saturated rings. The van der Waals surface area contributed by atoms with Crippen molar-refractivity contribution in [2.45, 2.75) is 12.8 Å². The first kappa shape index (κ1) is 12.9. The summed E-state index contributed by atoms with van der Waals surface area (Å²) in [4.78, 5) is 4.55. The van der Waals surface area contributed by atoms with Gasteiger partial charge in [-0.15, -0.1) is 11.6 Å². The summed E-state index contributed by atoms with van der Waals surface area (Å²) in [7, 11) is 0. The van der Waals surface area contributed by atoms with Crippen LogP contribution in [0.15, 0.2) is 54.6 Å². The number of halogens is 1. The third-order valence-electron chi connectivity index (χ3n) is 3.20. The molecule has 0 spiro atoms. The van der Waals surface area contributed by atoms with Gasteiger partial charge in [0.15, 0.2) is 0 Å². The Hall–Kier alpha value is -2.06. The number of rotatable bonds is 3. The Morgan fingerprint density at radius 2 is 1.90 bits per heavy atom. The standard InChI is InChI=1S/C17H15ClN2/c1-12-9-17(15-7-2-3-8-16(15)19-12)20-14-6-4-5-13(10-14)11-18/h2-10H,11H2,1H3,(H,19,20). The van der Waals surface area contributed by atoms with Gasteiger partial charge >= 0.3 is 0 Å². The van der Waals surface area contributed by atoms with E-state index >= 15 is 0 Å². The minimum atomic E-state index is 0.519. The van der Waals surface area contributed by atoms with E-state index in [1.807, 2.05) is 43.3 Å². The fourth-order valence-electron chi connectivity index (χ4n) is 2.30. The van der Waals surface area contributed by atoms with Crippen molar-refractivity contribution in [3.05, 3.63) is 65.9 Å². The van der Waals surface area contributed by atoms with E-state index in [0.717, 1.165) is 33.5 Å². The summed E-state index contributed by atoms with van der Waals surface area (Å²) in [5.74, 6) is 0.519. The number of nitrogens with one attached hydrogen (secondary N) is 1. The fourth-order valence-corrected chi connectivity index (χ4v) is 2.47. The molecule has 0 bridgehead atoms. The highest BCUT2D eigenvalue weighted by Crippen LogP contribution is 2.26. The zero-order chi connectivity index (χ0) is 13.9. The molecule has 3 rings (SSSR count). The first-order chi connectivity index (χ1) is 9.76. The lowest BCUT2D eigenvalue weighted by Crippen LogP contribution is -1.95. The third-order valence-corrected chi connectivity index (χ3v) is 3.51. The second-order valence-electron chi connectivity index (χ2n) is 4.79. The van der Waals surface area contributed by atoms with E-state index in [0.29, 0.717) is 5.88 Å². The van der Waals surface area contributed by atoms with Crippen LogP contribution in [0, 0.1) is 6.92 Å². The van der Waals surface area contributed by atoms with Crippen molar-refractivity contribution in [2.24, 2.45) is 0 Å². The molecule has 0 saturated heterocycles. The van der Waals surface area contributed by atoms with Crippen molar-refractivity contribution in [1.82, 2.24) is 4.98 Å². The highest BCUT2D eigenvalue weighted by molar-refractivity contribution is 6.17. The molecular formula is C17H15ClN2. The van der Waals surface area contributed by atoms with Gasteiger partial charge in [0.05, 0.1) is 5.52 Å². The van der Waals surface area contributed by atoms with Crippen LogP contribution in [-0.2, 0) is 5.88 Å². The van der Waals surface area contributed by atoms with Crippen LogP contribution in [0.5, 0.6) is 0 Å². The number of hydrogen-bond acceptors (Lipinski definition) is 2. The zero-order valence-corrected chi connectivity index (χ0v) is 12.0. The molecule has 2 nitrogen and oxygen atoms in total. The lowest BCUT2D eigenvalue weighted by molar-refractivity contribution is 1.25. The van der Waals surface area contributed by atoms with Crippen LogP contribution >= 0.6 is 11.6 Å². The maximum atomic E-state index is 5.88. The van der Waals surface area contributed by atoms with Gasteiger partial charge in [-0.05, 0) is 36.8 Å². The van der Waals surface area contributed by atoms with Gasteiger partial charge in [-0.1, -0.05) is 30.3 Å². The molecule has 3 heteroatoms. The van der Waals surface area contributed by atoms with Crippen molar-refractivity contribution in [3.8, 4) is 0 Å². The molecule has 0 radical (unpaired) electrons. The molecule has 0 saturated carbocycles. The van der Waals surface area contributed by atoms with Gasteiger partial charge < -0.3 is 5.32 Å². The monoisotopic (exact) mass is 282 g/mol. The number of aromatic nitrogens is 1. The highest BCUT2D eigenvalue weighted by atomic mass is 35.5. The molecular weight excluding hydrogens is 268 g/mol. The van der Waals surface area contributed by atoms with Gasteiger partial charge in [0, 0.05) is 28.3 Å². The number of nitrogens with zero attached hydrogens (tertiary/aromatic N) is 1. The number of benzene rings is 2. The van der Waals surface area contributed by atoms with E-state index in [1.54, 1.807) is 0 Å². The van der Waals surface area contributed by atoms with Crippen LogP contribution in [0.4, 0.5) is 11.4 Å². The van der Waals surface area contributed by atoms with Gasteiger partial charge in [0.1, 0.15) is 0 Å². The van der Waals surface area contributed by atoms with E-state index < -0.39 is 0 Å².